The van der Waals surface area contributed by atoms with Crippen molar-refractivity contribution < 1.29 is 13.7 Å². The number of aromatic nitrogens is 3. The van der Waals surface area contributed by atoms with Crippen LogP contribution in [0.25, 0.3) is 67.2 Å². The summed E-state index contributed by atoms with van der Waals surface area (Å²) in [6.45, 7) is 12.4. The van der Waals surface area contributed by atoms with E-state index in [1.54, 1.807) is 0 Å². The third-order valence-electron chi connectivity index (χ3n) is 9.71. The van der Waals surface area contributed by atoms with Crippen LogP contribution in [-0.4, -0.2) is 33.3 Å². The first-order valence-corrected chi connectivity index (χ1v) is 16.4. The maximum absolute atomic E-state index is 6.50. The van der Waals surface area contributed by atoms with E-state index in [4.69, 9.17) is 28.7 Å². The summed E-state index contributed by atoms with van der Waals surface area (Å²) in [5.74, 6) is 1.80. The highest BCUT2D eigenvalue weighted by Gasteiger charge is 2.51. The molecule has 48 heavy (non-hydrogen) atoms. The largest absolute Gasteiger partial charge is 0.494 e. The summed E-state index contributed by atoms with van der Waals surface area (Å²) in [5.41, 5.74) is 8.73. The number of hydrogen-bond acceptors (Lipinski definition) is 6. The van der Waals surface area contributed by atoms with Crippen molar-refractivity contribution in [3.63, 3.8) is 0 Å². The summed E-state index contributed by atoms with van der Waals surface area (Å²) in [6, 6.07) is 37.3. The summed E-state index contributed by atoms with van der Waals surface area (Å²) in [7, 11) is -0.496. The Bertz CT molecular complexity index is 2330. The molecule has 0 unspecified atom stereocenters. The van der Waals surface area contributed by atoms with Gasteiger partial charge in [-0.1, -0.05) is 96.6 Å². The van der Waals surface area contributed by atoms with Crippen LogP contribution in [0.3, 0.4) is 0 Å². The lowest BCUT2D eigenvalue weighted by atomic mass is 9.77. The average molecular weight is 630 g/mol. The molecule has 5 aromatic carbocycles. The van der Waals surface area contributed by atoms with Crippen LogP contribution in [0, 0.1) is 13.8 Å². The molecule has 8 rings (SSSR count). The van der Waals surface area contributed by atoms with Crippen molar-refractivity contribution in [2.45, 2.75) is 52.7 Å². The zero-order valence-electron chi connectivity index (χ0n) is 28.0. The van der Waals surface area contributed by atoms with E-state index in [2.05, 4.69) is 120 Å². The van der Waals surface area contributed by atoms with E-state index >= 15 is 0 Å². The second kappa shape index (κ2) is 11.3. The molecular formula is C41H36BN3O3. The fourth-order valence-electron chi connectivity index (χ4n) is 6.44. The highest BCUT2D eigenvalue weighted by molar-refractivity contribution is 6.62. The molecule has 0 amide bonds. The monoisotopic (exact) mass is 629 g/mol. The number of aryl methyl sites for hydroxylation is 2. The van der Waals surface area contributed by atoms with Crippen LogP contribution < -0.4 is 5.46 Å². The van der Waals surface area contributed by atoms with Gasteiger partial charge in [-0.15, -0.1) is 0 Å². The van der Waals surface area contributed by atoms with E-state index in [9.17, 15) is 0 Å². The van der Waals surface area contributed by atoms with Gasteiger partial charge in [0.15, 0.2) is 17.5 Å². The third kappa shape index (κ3) is 5.20. The molecular weight excluding hydrogens is 593 g/mol. The van der Waals surface area contributed by atoms with Crippen molar-refractivity contribution in [2.75, 3.05) is 0 Å². The topological polar surface area (TPSA) is 70.3 Å². The fourth-order valence-corrected chi connectivity index (χ4v) is 6.44. The maximum atomic E-state index is 6.50. The summed E-state index contributed by atoms with van der Waals surface area (Å²) in [6.07, 6.45) is 0. The second-order valence-corrected chi connectivity index (χ2v) is 13.7. The van der Waals surface area contributed by atoms with Crippen LogP contribution >= 0.6 is 0 Å². The molecule has 1 aliphatic rings. The SMILES string of the molecule is Cc1cccc(-c2nc(-c3cccc(-c4ccccc4)c3)nc(-c3cccc4oc5c(C)cc(B6OC(C)(C)C(C)(C)O6)cc5c34)n2)c1. The molecule has 0 bridgehead atoms. The van der Waals surface area contributed by atoms with Crippen molar-refractivity contribution in [1.82, 2.24) is 15.0 Å². The van der Waals surface area contributed by atoms with Crippen molar-refractivity contribution in [3.8, 4) is 45.3 Å². The molecule has 0 radical (unpaired) electrons. The molecule has 1 aliphatic heterocycles. The van der Waals surface area contributed by atoms with Gasteiger partial charge >= 0.3 is 7.12 Å². The summed E-state index contributed by atoms with van der Waals surface area (Å²) >= 11 is 0. The van der Waals surface area contributed by atoms with Gasteiger partial charge in [0.05, 0.1) is 11.2 Å². The Morgan fingerprint density at radius 3 is 1.88 bits per heavy atom. The van der Waals surface area contributed by atoms with Gasteiger partial charge in [0.25, 0.3) is 0 Å². The van der Waals surface area contributed by atoms with Crippen molar-refractivity contribution in [1.29, 1.82) is 0 Å². The first kappa shape index (κ1) is 30.2. The van der Waals surface area contributed by atoms with Gasteiger partial charge in [0.2, 0.25) is 0 Å². The van der Waals surface area contributed by atoms with Gasteiger partial charge in [0.1, 0.15) is 11.2 Å². The third-order valence-corrected chi connectivity index (χ3v) is 9.71. The zero-order chi connectivity index (χ0) is 33.2. The molecule has 1 saturated heterocycles. The summed E-state index contributed by atoms with van der Waals surface area (Å²) in [4.78, 5) is 15.3. The van der Waals surface area contributed by atoms with Crippen LogP contribution in [0.15, 0.2) is 114 Å². The van der Waals surface area contributed by atoms with Crippen molar-refractivity contribution in [3.05, 3.63) is 120 Å². The molecule has 0 N–H and O–H groups in total. The standard InChI is InChI=1S/C41H36BN3O3/c1-25-13-10-17-29(21-25)37-43-38(30-18-11-16-28(23-30)27-14-8-7-9-15-27)45-39(44-37)32-19-12-20-34-35(32)33-24-31(22-26(2)36(33)46-34)42-47-40(3,4)41(5,6)48-42/h7-24H,1-6H3. The minimum Gasteiger partial charge on any atom is -0.456 e. The Labute approximate surface area is 281 Å². The average Bonchev–Trinajstić information content (AvgIpc) is 3.58. The van der Waals surface area contributed by atoms with Crippen LogP contribution in [-0.2, 0) is 9.31 Å². The lowest BCUT2D eigenvalue weighted by molar-refractivity contribution is 0.00578. The molecule has 1 fully saturated rings. The van der Waals surface area contributed by atoms with Gasteiger partial charge < -0.3 is 13.7 Å². The minimum atomic E-state index is -0.496. The molecule has 0 spiro atoms. The number of benzene rings is 5. The summed E-state index contributed by atoms with van der Waals surface area (Å²) < 4.78 is 19.4. The molecule has 0 saturated carbocycles. The zero-order valence-corrected chi connectivity index (χ0v) is 28.0. The summed E-state index contributed by atoms with van der Waals surface area (Å²) in [5, 5.41) is 1.91. The van der Waals surface area contributed by atoms with E-state index in [1.807, 2.05) is 30.3 Å². The van der Waals surface area contributed by atoms with E-state index in [-0.39, 0.29) is 0 Å². The highest BCUT2D eigenvalue weighted by Crippen LogP contribution is 2.40. The number of nitrogens with zero attached hydrogens (tertiary/aromatic N) is 3. The van der Waals surface area contributed by atoms with Crippen LogP contribution in [0.2, 0.25) is 0 Å². The van der Waals surface area contributed by atoms with E-state index < -0.39 is 18.3 Å². The Kier molecular flexibility index (Phi) is 7.09. The molecule has 0 atom stereocenters. The molecule has 7 aromatic rings. The quantitative estimate of drug-likeness (QED) is 0.177. The molecule has 236 valence electrons. The smallest absolute Gasteiger partial charge is 0.456 e. The predicted molar refractivity (Wildman–Crippen MR) is 194 cm³/mol. The molecule has 2 aromatic heterocycles. The predicted octanol–water partition coefficient (Wildman–Crippen LogP) is 9.36. The Hall–Kier alpha value is -5.11. The molecule has 3 heterocycles. The Balaban J connectivity index is 1.33. The Morgan fingerprint density at radius 2 is 1.17 bits per heavy atom. The molecule has 7 heteroatoms. The number of rotatable bonds is 5. The first-order chi connectivity index (χ1) is 23.1. The normalized spacial score (nSPS) is 15.4. The minimum absolute atomic E-state index is 0.449. The van der Waals surface area contributed by atoms with Crippen LogP contribution in [0.5, 0.6) is 0 Å². The number of fused-ring (bicyclic) bond motifs is 3. The van der Waals surface area contributed by atoms with E-state index in [0.717, 1.165) is 66.3 Å². The van der Waals surface area contributed by atoms with Crippen molar-refractivity contribution in [2.24, 2.45) is 0 Å². The fraction of sp³-hybridized carbons (Fsp3) is 0.195. The lowest BCUT2D eigenvalue weighted by Crippen LogP contribution is -2.41. The second-order valence-electron chi connectivity index (χ2n) is 13.7. The van der Waals surface area contributed by atoms with Crippen LogP contribution in [0.4, 0.5) is 0 Å². The van der Waals surface area contributed by atoms with E-state index in [0.29, 0.717) is 17.5 Å². The van der Waals surface area contributed by atoms with Crippen molar-refractivity contribution >= 4 is 34.5 Å². The van der Waals surface area contributed by atoms with Crippen LogP contribution in [0.1, 0.15) is 38.8 Å². The Morgan fingerprint density at radius 1 is 0.562 bits per heavy atom. The number of hydrogen-bond donors (Lipinski definition) is 0. The molecule has 0 aliphatic carbocycles. The lowest BCUT2D eigenvalue weighted by Gasteiger charge is -2.32. The van der Waals surface area contributed by atoms with Gasteiger partial charge in [-0.25, -0.2) is 15.0 Å². The highest BCUT2D eigenvalue weighted by atomic mass is 16.7. The first-order valence-electron chi connectivity index (χ1n) is 16.4. The van der Waals surface area contributed by atoms with E-state index in [1.165, 1.54) is 0 Å². The van der Waals surface area contributed by atoms with Gasteiger partial charge in [0, 0.05) is 27.5 Å². The van der Waals surface area contributed by atoms with Gasteiger partial charge in [-0.3, -0.25) is 0 Å². The van der Waals surface area contributed by atoms with Gasteiger partial charge in [-0.05, 0) is 81.9 Å². The maximum Gasteiger partial charge on any atom is 0.494 e. The number of furan rings is 1. The van der Waals surface area contributed by atoms with Gasteiger partial charge in [-0.2, -0.15) is 0 Å². The molecule has 6 nitrogen and oxygen atoms in total.